The second-order valence-electron chi connectivity index (χ2n) is 11.5. The van der Waals surface area contributed by atoms with Crippen LogP contribution in [0.15, 0.2) is 6.20 Å². The van der Waals surface area contributed by atoms with Crippen molar-refractivity contribution in [2.45, 2.75) is 102 Å². The van der Waals surface area contributed by atoms with E-state index < -0.39 is 49.4 Å². The molecule has 2 saturated heterocycles. The summed E-state index contributed by atoms with van der Waals surface area (Å²) in [5, 5.41) is 6.37. The van der Waals surface area contributed by atoms with Gasteiger partial charge in [0, 0.05) is 11.8 Å². The van der Waals surface area contributed by atoms with Crippen LogP contribution in [0.5, 0.6) is 5.88 Å². The Balaban J connectivity index is 1.40. The molecule has 14 nitrogen and oxygen atoms in total. The van der Waals surface area contributed by atoms with Gasteiger partial charge in [0.05, 0.1) is 26.0 Å². The summed E-state index contributed by atoms with van der Waals surface area (Å²) in [7, 11) is -3.66. The summed E-state index contributed by atoms with van der Waals surface area (Å²) >= 11 is 7.75. The van der Waals surface area contributed by atoms with E-state index in [1.165, 1.54) is 22.6 Å². The van der Waals surface area contributed by atoms with Gasteiger partial charge in [-0.25, -0.2) is 9.48 Å². The van der Waals surface area contributed by atoms with Gasteiger partial charge in [0.15, 0.2) is 23.0 Å². The first-order chi connectivity index (χ1) is 20.9. The minimum atomic E-state index is -3.66. The maximum absolute atomic E-state index is 13.8. The Hall–Kier alpha value is -1.55. The molecule has 4 heterocycles. The van der Waals surface area contributed by atoms with Gasteiger partial charge in [-0.2, -0.15) is 26.8 Å². The summed E-state index contributed by atoms with van der Waals surface area (Å²) in [6.07, 6.45) is 4.09. The molecule has 1 N–H and O–H groups in total. The van der Waals surface area contributed by atoms with Crippen LogP contribution in [0.2, 0.25) is 5.28 Å². The van der Waals surface area contributed by atoms with E-state index in [0.717, 1.165) is 25.7 Å². The number of hydrogen-bond donors (Lipinski definition) is 1. The number of hydrogen-bond acceptors (Lipinski definition) is 13. The summed E-state index contributed by atoms with van der Waals surface area (Å²) in [4.78, 5) is 21.1. The number of carbonyl (C=O) groups excluding carboxylic acids is 1. The monoisotopic (exact) mass is 677 g/mol. The number of nitrogens with zero attached hydrogens (tertiary/aromatic N) is 4. The summed E-state index contributed by atoms with van der Waals surface area (Å²) < 4.78 is 57.5. The first-order valence-corrected chi connectivity index (χ1v) is 18.2. The average Bonchev–Trinajstić information content (AvgIpc) is 3.72. The van der Waals surface area contributed by atoms with E-state index in [4.69, 9.17) is 44.3 Å². The zero-order valence-corrected chi connectivity index (χ0v) is 28.3. The van der Waals surface area contributed by atoms with Gasteiger partial charge in [-0.15, -0.1) is 0 Å². The molecule has 5 atom stereocenters. The van der Waals surface area contributed by atoms with Gasteiger partial charge in [-0.1, -0.05) is 12.8 Å². The van der Waals surface area contributed by atoms with Crippen LogP contribution in [0.1, 0.15) is 66.5 Å². The van der Waals surface area contributed by atoms with Gasteiger partial charge >= 0.3 is 13.7 Å². The highest BCUT2D eigenvalue weighted by atomic mass is 35.5. The van der Waals surface area contributed by atoms with E-state index in [1.54, 1.807) is 20.8 Å². The smallest absolute Gasteiger partial charge is 0.390 e. The van der Waals surface area contributed by atoms with Crippen molar-refractivity contribution >= 4 is 48.1 Å². The van der Waals surface area contributed by atoms with Crippen LogP contribution >= 0.6 is 31.0 Å². The molecule has 1 aliphatic carbocycles. The largest absolute Gasteiger partial charge is 0.414 e. The van der Waals surface area contributed by atoms with Crippen molar-refractivity contribution in [2.75, 3.05) is 31.8 Å². The predicted molar refractivity (Wildman–Crippen MR) is 163 cm³/mol. The van der Waals surface area contributed by atoms with Crippen LogP contribution in [0, 0.1) is 0 Å². The van der Waals surface area contributed by atoms with Crippen molar-refractivity contribution < 1.29 is 42.1 Å². The first kappa shape index (κ1) is 33.8. The summed E-state index contributed by atoms with van der Waals surface area (Å²) in [5.74, 6) is -0.587. The molecule has 1 saturated carbocycles. The number of amides is 1. The molecule has 1 amide bonds. The highest BCUT2D eigenvalue weighted by molar-refractivity contribution is 7.99. The molecule has 0 bridgehead atoms. The van der Waals surface area contributed by atoms with E-state index in [9.17, 15) is 9.36 Å². The SMILES string of the molecule is CCOP(=O)(OCC)C(C)(CSC)OC[C@H]1O[C@@H](n2ncc3c(OC(=O)NC4CCCC4)nc(Cl)nc32)[C@@H]2OC(C)(C)O[C@@H]21. The van der Waals surface area contributed by atoms with Crippen LogP contribution in [-0.4, -0.2) is 93.2 Å². The van der Waals surface area contributed by atoms with Gasteiger partial charge in [-0.3, -0.25) is 4.57 Å². The topological polar surface area (TPSA) is 154 Å². The molecule has 44 heavy (non-hydrogen) atoms. The van der Waals surface area contributed by atoms with Crippen molar-refractivity contribution in [1.82, 2.24) is 25.1 Å². The number of aromatic nitrogens is 4. The van der Waals surface area contributed by atoms with Crippen LogP contribution in [0.3, 0.4) is 0 Å². The molecule has 2 aromatic heterocycles. The Labute approximate surface area is 266 Å². The van der Waals surface area contributed by atoms with E-state index in [1.807, 2.05) is 20.1 Å². The number of carbonyl (C=O) groups is 1. The van der Waals surface area contributed by atoms with Gasteiger partial charge in [0.25, 0.3) is 0 Å². The molecule has 2 aromatic rings. The number of fused-ring (bicyclic) bond motifs is 2. The fourth-order valence-corrected chi connectivity index (χ4v) is 9.19. The third-order valence-electron chi connectivity index (χ3n) is 7.77. The van der Waals surface area contributed by atoms with Crippen LogP contribution in [-0.2, 0) is 32.6 Å². The molecule has 3 fully saturated rings. The zero-order chi connectivity index (χ0) is 31.7. The highest BCUT2D eigenvalue weighted by Gasteiger charge is 2.58. The lowest BCUT2D eigenvalue weighted by atomic mass is 10.1. The summed E-state index contributed by atoms with van der Waals surface area (Å²) in [6, 6.07) is 0.0672. The molecule has 17 heteroatoms. The van der Waals surface area contributed by atoms with Crippen LogP contribution in [0.25, 0.3) is 11.0 Å². The lowest BCUT2D eigenvalue weighted by Gasteiger charge is -2.36. The molecule has 3 aliphatic rings. The number of nitrogens with one attached hydrogen (secondary N) is 1. The molecule has 0 aromatic carbocycles. The number of rotatable bonds is 13. The van der Waals surface area contributed by atoms with Crippen LogP contribution in [0.4, 0.5) is 4.79 Å². The molecule has 0 spiro atoms. The van der Waals surface area contributed by atoms with Crippen molar-refractivity contribution in [1.29, 1.82) is 0 Å². The second kappa shape index (κ2) is 13.7. The first-order valence-electron chi connectivity index (χ1n) is 14.8. The van der Waals surface area contributed by atoms with Gasteiger partial charge in [0.2, 0.25) is 11.2 Å². The molecule has 5 rings (SSSR count). The normalized spacial score (nSPS) is 26.6. The Morgan fingerprint density at radius 3 is 2.55 bits per heavy atom. The molecule has 2 aliphatic heterocycles. The van der Waals surface area contributed by atoms with Crippen molar-refractivity contribution in [3.63, 3.8) is 0 Å². The zero-order valence-electron chi connectivity index (χ0n) is 25.8. The Bertz CT molecular complexity index is 1370. The minimum Gasteiger partial charge on any atom is -0.390 e. The quantitative estimate of drug-likeness (QED) is 0.216. The average molecular weight is 678 g/mol. The van der Waals surface area contributed by atoms with E-state index >= 15 is 0 Å². The Morgan fingerprint density at radius 1 is 1.20 bits per heavy atom. The van der Waals surface area contributed by atoms with Gasteiger partial charge in [0.1, 0.15) is 23.7 Å². The maximum Gasteiger partial charge on any atom is 0.414 e. The van der Waals surface area contributed by atoms with Gasteiger partial charge < -0.3 is 38.0 Å². The Morgan fingerprint density at radius 2 is 1.89 bits per heavy atom. The lowest BCUT2D eigenvalue weighted by Crippen LogP contribution is -2.40. The molecular formula is C27H41ClN5O9PS. The second-order valence-corrected chi connectivity index (χ2v) is 15.2. The third kappa shape index (κ3) is 6.91. The summed E-state index contributed by atoms with van der Waals surface area (Å²) in [5.41, 5.74) is 0.289. The number of halogens is 1. The minimum absolute atomic E-state index is 0.00292. The molecule has 1 unspecified atom stereocenters. The van der Waals surface area contributed by atoms with Crippen LogP contribution < -0.4 is 10.1 Å². The van der Waals surface area contributed by atoms with E-state index in [2.05, 4.69) is 20.4 Å². The molecule has 0 radical (unpaired) electrons. The van der Waals surface area contributed by atoms with Crippen molar-refractivity contribution in [2.24, 2.45) is 0 Å². The van der Waals surface area contributed by atoms with Crippen molar-refractivity contribution in [3.8, 4) is 5.88 Å². The molecular weight excluding hydrogens is 637 g/mol. The van der Waals surface area contributed by atoms with Crippen molar-refractivity contribution in [3.05, 3.63) is 11.5 Å². The highest BCUT2D eigenvalue weighted by Crippen LogP contribution is 2.61. The maximum atomic E-state index is 13.8. The fourth-order valence-electron chi connectivity index (χ4n) is 5.86. The number of thioether (sulfide) groups is 1. The predicted octanol–water partition coefficient (Wildman–Crippen LogP) is 5.29. The summed E-state index contributed by atoms with van der Waals surface area (Å²) in [6.45, 7) is 9.27. The van der Waals surface area contributed by atoms with E-state index in [0.29, 0.717) is 11.1 Å². The van der Waals surface area contributed by atoms with E-state index in [-0.39, 0.29) is 42.7 Å². The molecule has 246 valence electrons. The number of ether oxygens (including phenoxy) is 5. The lowest BCUT2D eigenvalue weighted by molar-refractivity contribution is -0.205. The third-order valence-corrected chi connectivity index (χ3v) is 11.6. The fraction of sp³-hybridized carbons (Fsp3) is 0.778. The standard InChI is InChI=1S/C27H41ClN5O9PS/c1-7-37-43(35,38-8-2)27(5,15-44-6)36-14-18-19-20(42-26(3,4)41-19)23(39-18)33-21-17(13-29-33)22(32-24(28)31-21)40-25(34)30-16-11-9-10-12-16/h13,16,18-20,23H,7-12,14-15H2,1-6H3,(H,30,34)/t18-,19-,20-,23-,27?/m1/s1. The Kier molecular flexibility index (Phi) is 10.5. The van der Waals surface area contributed by atoms with Gasteiger partial charge in [-0.05, 0) is 65.3 Å².